The Labute approximate surface area is 91.6 Å². The molecule has 0 aliphatic heterocycles. The van der Waals surface area contributed by atoms with Gasteiger partial charge in [0.25, 0.3) is 0 Å². The lowest BCUT2D eigenvalue weighted by Gasteiger charge is -2.14. The number of likely N-dealkylation sites (N-methyl/N-ethyl adjacent to an activating group) is 1. The molecule has 1 aromatic rings. The zero-order valence-electron chi connectivity index (χ0n) is 9.86. The highest BCUT2D eigenvalue weighted by molar-refractivity contribution is 5.03. The quantitative estimate of drug-likeness (QED) is 0.730. The molecule has 0 saturated heterocycles. The Hall–Kier alpha value is -0.870. The number of nitrogens with one attached hydrogen (secondary N) is 1. The van der Waals surface area contributed by atoms with E-state index in [0.717, 1.165) is 19.4 Å². The van der Waals surface area contributed by atoms with E-state index in [9.17, 15) is 0 Å². The van der Waals surface area contributed by atoms with Crippen LogP contribution in [-0.4, -0.2) is 36.6 Å². The molecule has 1 atom stereocenters. The molecule has 0 aliphatic rings. The van der Waals surface area contributed by atoms with Crippen LogP contribution >= 0.6 is 0 Å². The lowest BCUT2D eigenvalue weighted by molar-refractivity contribution is 0.165. The van der Waals surface area contributed by atoms with Crippen LogP contribution in [-0.2, 0) is 18.2 Å². The van der Waals surface area contributed by atoms with Crippen molar-refractivity contribution >= 4 is 0 Å². The van der Waals surface area contributed by atoms with E-state index in [1.165, 1.54) is 12.0 Å². The lowest BCUT2D eigenvalue weighted by Crippen LogP contribution is -2.29. The summed E-state index contributed by atoms with van der Waals surface area (Å²) in [6.07, 6.45) is 7.41. The van der Waals surface area contributed by atoms with Gasteiger partial charge in [-0.3, -0.25) is 4.68 Å². The van der Waals surface area contributed by atoms with Crippen molar-refractivity contribution in [3.8, 4) is 0 Å². The van der Waals surface area contributed by atoms with Crippen molar-refractivity contribution in [1.82, 2.24) is 15.1 Å². The highest BCUT2D eigenvalue weighted by Gasteiger charge is 2.05. The number of ether oxygens (including phenoxy) is 1. The van der Waals surface area contributed by atoms with Crippen molar-refractivity contribution in [1.29, 1.82) is 0 Å². The summed E-state index contributed by atoms with van der Waals surface area (Å²) in [5, 5.41) is 7.40. The second-order valence-electron chi connectivity index (χ2n) is 3.86. The van der Waals surface area contributed by atoms with Gasteiger partial charge in [0.05, 0.1) is 12.8 Å². The van der Waals surface area contributed by atoms with Gasteiger partial charge in [-0.2, -0.15) is 5.10 Å². The number of hydrogen-bond donors (Lipinski definition) is 1. The van der Waals surface area contributed by atoms with E-state index in [0.29, 0.717) is 6.04 Å². The van der Waals surface area contributed by atoms with Crippen LogP contribution in [0, 0.1) is 0 Å². The summed E-state index contributed by atoms with van der Waals surface area (Å²) in [7, 11) is 5.67. The van der Waals surface area contributed by atoms with Crippen LogP contribution in [0.2, 0.25) is 0 Å². The Kier molecular flexibility index (Phi) is 5.36. The van der Waals surface area contributed by atoms with Gasteiger partial charge in [0.15, 0.2) is 0 Å². The largest absolute Gasteiger partial charge is 0.383 e. The molecule has 0 saturated carbocycles. The highest BCUT2D eigenvalue weighted by atomic mass is 16.5. The normalized spacial score (nSPS) is 13.0. The Bertz CT molecular complexity index is 273. The SMILES string of the molecule is CNC(CCCc1cnn(C)c1)COC. The Balaban J connectivity index is 2.20. The molecule has 86 valence electrons. The van der Waals surface area contributed by atoms with E-state index < -0.39 is 0 Å². The second kappa shape index (κ2) is 6.58. The molecule has 0 fully saturated rings. The van der Waals surface area contributed by atoms with Crippen molar-refractivity contribution in [3.05, 3.63) is 18.0 Å². The van der Waals surface area contributed by atoms with Crippen LogP contribution in [0.1, 0.15) is 18.4 Å². The number of rotatable bonds is 7. The summed E-state index contributed by atoms with van der Waals surface area (Å²) in [6, 6.07) is 0.465. The molecule has 0 aromatic carbocycles. The van der Waals surface area contributed by atoms with Crippen LogP contribution in [0.3, 0.4) is 0 Å². The van der Waals surface area contributed by atoms with Crippen LogP contribution in [0.5, 0.6) is 0 Å². The minimum Gasteiger partial charge on any atom is -0.383 e. The number of nitrogens with zero attached hydrogens (tertiary/aromatic N) is 2. The van der Waals surface area contributed by atoms with Gasteiger partial charge < -0.3 is 10.1 Å². The van der Waals surface area contributed by atoms with E-state index in [4.69, 9.17) is 4.74 Å². The van der Waals surface area contributed by atoms with Crippen LogP contribution in [0.15, 0.2) is 12.4 Å². The van der Waals surface area contributed by atoms with Crippen LogP contribution < -0.4 is 5.32 Å². The van der Waals surface area contributed by atoms with Gasteiger partial charge in [-0.05, 0) is 31.9 Å². The average Bonchev–Trinajstić information content (AvgIpc) is 2.63. The molecule has 1 N–H and O–H groups in total. The van der Waals surface area contributed by atoms with Crippen molar-refractivity contribution in [2.45, 2.75) is 25.3 Å². The van der Waals surface area contributed by atoms with Gasteiger partial charge in [-0.15, -0.1) is 0 Å². The van der Waals surface area contributed by atoms with Gasteiger partial charge in [0.2, 0.25) is 0 Å². The average molecular weight is 211 g/mol. The molecule has 1 rings (SSSR count). The van der Waals surface area contributed by atoms with Gasteiger partial charge in [-0.1, -0.05) is 0 Å². The molecule has 0 bridgehead atoms. The first-order valence-corrected chi connectivity index (χ1v) is 5.40. The van der Waals surface area contributed by atoms with Crippen molar-refractivity contribution in [3.63, 3.8) is 0 Å². The van der Waals surface area contributed by atoms with E-state index in [1.54, 1.807) is 7.11 Å². The molecule has 15 heavy (non-hydrogen) atoms. The monoisotopic (exact) mass is 211 g/mol. The Morgan fingerprint density at radius 3 is 2.93 bits per heavy atom. The molecular formula is C11H21N3O. The fraction of sp³-hybridized carbons (Fsp3) is 0.727. The van der Waals surface area contributed by atoms with Crippen molar-refractivity contribution in [2.24, 2.45) is 7.05 Å². The van der Waals surface area contributed by atoms with Gasteiger partial charge >= 0.3 is 0 Å². The molecule has 4 heteroatoms. The lowest BCUT2D eigenvalue weighted by atomic mass is 10.1. The first-order chi connectivity index (χ1) is 7.26. The van der Waals surface area contributed by atoms with E-state index in [-0.39, 0.29) is 0 Å². The topological polar surface area (TPSA) is 39.1 Å². The third kappa shape index (κ3) is 4.44. The maximum absolute atomic E-state index is 5.12. The molecule has 1 aromatic heterocycles. The van der Waals surface area contributed by atoms with E-state index in [2.05, 4.69) is 16.6 Å². The summed E-state index contributed by atoms with van der Waals surface area (Å²) < 4.78 is 6.97. The van der Waals surface area contributed by atoms with Crippen molar-refractivity contribution < 1.29 is 4.74 Å². The van der Waals surface area contributed by atoms with Gasteiger partial charge in [0.1, 0.15) is 0 Å². The number of hydrogen-bond acceptors (Lipinski definition) is 3. The molecule has 0 aliphatic carbocycles. The summed E-state index contributed by atoms with van der Waals surface area (Å²) in [6.45, 7) is 0.781. The summed E-state index contributed by atoms with van der Waals surface area (Å²) in [5.74, 6) is 0. The Morgan fingerprint density at radius 2 is 2.40 bits per heavy atom. The van der Waals surface area contributed by atoms with E-state index >= 15 is 0 Å². The smallest absolute Gasteiger partial charge is 0.0615 e. The minimum atomic E-state index is 0.465. The maximum Gasteiger partial charge on any atom is 0.0615 e. The number of aromatic nitrogens is 2. The summed E-state index contributed by atoms with van der Waals surface area (Å²) >= 11 is 0. The van der Waals surface area contributed by atoms with Crippen molar-refractivity contribution in [2.75, 3.05) is 20.8 Å². The second-order valence-corrected chi connectivity index (χ2v) is 3.86. The fourth-order valence-corrected chi connectivity index (χ4v) is 1.67. The molecule has 4 nitrogen and oxygen atoms in total. The fourth-order valence-electron chi connectivity index (χ4n) is 1.67. The van der Waals surface area contributed by atoms with Crippen LogP contribution in [0.25, 0.3) is 0 Å². The van der Waals surface area contributed by atoms with Crippen LogP contribution in [0.4, 0.5) is 0 Å². The summed E-state index contributed by atoms with van der Waals surface area (Å²) in [5.41, 5.74) is 1.31. The van der Waals surface area contributed by atoms with E-state index in [1.807, 2.05) is 25.0 Å². The standard InChI is InChI=1S/C11H21N3O/c1-12-11(9-15-3)6-4-5-10-7-13-14(2)8-10/h7-8,11-12H,4-6,9H2,1-3H3. The first-order valence-electron chi connectivity index (χ1n) is 5.40. The maximum atomic E-state index is 5.12. The molecule has 0 amide bonds. The third-order valence-corrected chi connectivity index (χ3v) is 2.55. The summed E-state index contributed by atoms with van der Waals surface area (Å²) in [4.78, 5) is 0. The molecule has 0 spiro atoms. The third-order valence-electron chi connectivity index (χ3n) is 2.55. The first kappa shape index (κ1) is 12.2. The zero-order chi connectivity index (χ0) is 11.1. The van der Waals surface area contributed by atoms with Gasteiger partial charge in [-0.25, -0.2) is 0 Å². The minimum absolute atomic E-state index is 0.465. The predicted molar refractivity (Wildman–Crippen MR) is 60.9 cm³/mol. The molecule has 0 radical (unpaired) electrons. The predicted octanol–water partition coefficient (Wildman–Crippen LogP) is 0.977. The Morgan fingerprint density at radius 1 is 1.60 bits per heavy atom. The molecule has 1 heterocycles. The highest BCUT2D eigenvalue weighted by Crippen LogP contribution is 2.05. The molecular weight excluding hydrogens is 190 g/mol. The van der Waals surface area contributed by atoms with Gasteiger partial charge in [0, 0.05) is 26.4 Å². The number of aryl methyl sites for hydroxylation is 2. The number of methoxy groups -OCH3 is 1. The molecule has 1 unspecified atom stereocenters. The zero-order valence-corrected chi connectivity index (χ0v) is 9.86.